The molecule has 1 saturated heterocycles. The summed E-state index contributed by atoms with van der Waals surface area (Å²) < 4.78 is 50.6. The quantitative estimate of drug-likeness (QED) is 0.0637. The molecule has 0 amide bonds. The second-order valence-electron chi connectivity index (χ2n) is 14.0. The number of hydrogen-bond donors (Lipinski definition) is 0. The van der Waals surface area contributed by atoms with E-state index in [-0.39, 0.29) is 19.3 Å². The molecule has 0 bridgehead atoms. The highest BCUT2D eigenvalue weighted by Crippen LogP contribution is 2.41. The third-order valence-electron chi connectivity index (χ3n) is 10.6. The lowest BCUT2D eigenvalue weighted by Gasteiger charge is -2.41. The van der Waals surface area contributed by atoms with Gasteiger partial charge in [0.05, 0.1) is 75.6 Å². The van der Waals surface area contributed by atoms with Crippen LogP contribution >= 0.6 is 0 Å². The van der Waals surface area contributed by atoms with E-state index >= 15 is 0 Å². The van der Waals surface area contributed by atoms with Gasteiger partial charge < -0.3 is 47.1 Å². The van der Waals surface area contributed by atoms with E-state index in [1.54, 1.807) is 42.7 Å². The van der Waals surface area contributed by atoms with Gasteiger partial charge in [0.25, 0.3) is 0 Å². The molecule has 5 rings (SSSR count). The zero-order valence-corrected chi connectivity index (χ0v) is 33.6. The fourth-order valence-electron chi connectivity index (χ4n) is 7.62. The number of carbonyl (C=O) groups is 2. The molecular formula is C43H57N2O11+. The minimum absolute atomic E-state index is 0.0897. The van der Waals surface area contributed by atoms with Crippen LogP contribution in [-0.2, 0) is 43.2 Å². The molecule has 1 atom stereocenters. The summed E-state index contributed by atoms with van der Waals surface area (Å²) in [7, 11) is 9.76. The van der Waals surface area contributed by atoms with E-state index in [0.29, 0.717) is 49.1 Å². The number of ether oxygens (including phenoxy) is 9. The highest BCUT2D eigenvalue weighted by Gasteiger charge is 2.32. The summed E-state index contributed by atoms with van der Waals surface area (Å²) in [5, 5.41) is 0. The van der Waals surface area contributed by atoms with Gasteiger partial charge in [0.2, 0.25) is 5.75 Å². The van der Waals surface area contributed by atoms with E-state index in [9.17, 15) is 9.59 Å². The molecule has 304 valence electrons. The topological polar surface area (TPSA) is 120 Å². The van der Waals surface area contributed by atoms with Crippen molar-refractivity contribution in [2.45, 2.75) is 38.3 Å². The third kappa shape index (κ3) is 11.1. The van der Waals surface area contributed by atoms with Crippen LogP contribution in [-0.4, -0.2) is 123 Å². The molecule has 1 fully saturated rings. The van der Waals surface area contributed by atoms with E-state index in [0.717, 1.165) is 85.8 Å². The predicted octanol–water partition coefficient (Wildman–Crippen LogP) is 5.35. The molecule has 2 aliphatic rings. The Morgan fingerprint density at radius 2 is 1.34 bits per heavy atom. The molecule has 0 spiro atoms. The molecule has 0 N–H and O–H groups in total. The maximum Gasteiger partial charge on any atom is 0.331 e. The van der Waals surface area contributed by atoms with Gasteiger partial charge in [0.1, 0.15) is 25.4 Å². The molecule has 13 nitrogen and oxygen atoms in total. The molecule has 0 radical (unpaired) electrons. The van der Waals surface area contributed by atoms with E-state index < -0.39 is 11.9 Å². The number of morpholine rings is 1. The van der Waals surface area contributed by atoms with Crippen LogP contribution in [0.25, 0.3) is 0 Å². The second kappa shape index (κ2) is 20.8. The average molecular weight is 778 g/mol. The van der Waals surface area contributed by atoms with Crippen molar-refractivity contribution in [2.75, 3.05) is 102 Å². The van der Waals surface area contributed by atoms with Gasteiger partial charge in [-0.15, -0.1) is 0 Å². The third-order valence-corrected chi connectivity index (χ3v) is 10.6. The SMILES string of the molecule is COc1ccc(C[C@@H]2c3cc(OC)c(OC)cc3CCN2CCCOC(=O)/C=C\C(=O)OCCC[N+]2(Cc3cc(OC)c(OC)c(OC)c3)CCOCC2)cc1. The minimum Gasteiger partial charge on any atom is -0.497 e. The summed E-state index contributed by atoms with van der Waals surface area (Å²) in [6.07, 6.45) is 5.19. The second-order valence-corrected chi connectivity index (χ2v) is 14.0. The first-order valence-electron chi connectivity index (χ1n) is 19.1. The Kier molecular flexibility index (Phi) is 15.7. The van der Waals surface area contributed by atoms with Crippen molar-refractivity contribution in [1.29, 1.82) is 0 Å². The zero-order chi connectivity index (χ0) is 39.9. The number of fused-ring (bicyclic) bond motifs is 1. The number of carbonyl (C=O) groups excluding carboxylic acids is 2. The lowest BCUT2D eigenvalue weighted by Crippen LogP contribution is -2.55. The lowest BCUT2D eigenvalue weighted by molar-refractivity contribution is -0.947. The average Bonchev–Trinajstić information content (AvgIpc) is 3.23. The number of hydrogen-bond acceptors (Lipinski definition) is 12. The van der Waals surface area contributed by atoms with E-state index in [4.69, 9.17) is 42.6 Å². The summed E-state index contributed by atoms with van der Waals surface area (Å²) in [5.41, 5.74) is 4.67. The van der Waals surface area contributed by atoms with Crippen LogP contribution in [0, 0.1) is 0 Å². The molecule has 13 heteroatoms. The summed E-state index contributed by atoms with van der Waals surface area (Å²) in [6.45, 7) is 6.49. The number of rotatable bonds is 20. The first-order chi connectivity index (χ1) is 27.2. The van der Waals surface area contributed by atoms with Gasteiger partial charge in [-0.2, -0.15) is 0 Å². The molecule has 0 aromatic heterocycles. The largest absolute Gasteiger partial charge is 0.497 e. The van der Waals surface area contributed by atoms with Crippen LogP contribution in [0.3, 0.4) is 0 Å². The fourth-order valence-corrected chi connectivity index (χ4v) is 7.62. The van der Waals surface area contributed by atoms with Crippen molar-refractivity contribution in [3.63, 3.8) is 0 Å². The molecule has 3 aromatic rings. The van der Waals surface area contributed by atoms with Gasteiger partial charge in [0.15, 0.2) is 23.0 Å². The Morgan fingerprint density at radius 3 is 1.93 bits per heavy atom. The standard InChI is InChI=1S/C43H57N2O11/c1-48-34-11-9-31(10-12-34)25-36-35-29-38(50-3)37(49-2)28-33(35)15-17-44(36)16-7-21-55-41(46)13-14-42(47)56-22-8-18-45(19-23-54-24-20-45)30-32-26-39(51-4)43(53-6)40(27-32)52-5/h9-14,26-29,36H,7-8,15-25,30H2,1-6H3/q+1/b14-13-/t36-/m1/s1. The molecule has 2 aliphatic heterocycles. The maximum absolute atomic E-state index is 12.5. The number of quaternary nitrogens is 1. The Hall–Kier alpha value is -4.98. The first-order valence-corrected chi connectivity index (χ1v) is 19.1. The van der Waals surface area contributed by atoms with Crippen molar-refractivity contribution >= 4 is 11.9 Å². The first kappa shape index (κ1) is 42.2. The molecule has 2 heterocycles. The Balaban J connectivity index is 1.09. The molecule has 56 heavy (non-hydrogen) atoms. The molecule has 0 saturated carbocycles. The van der Waals surface area contributed by atoms with Crippen LogP contribution in [0.1, 0.15) is 41.1 Å². The van der Waals surface area contributed by atoms with Crippen molar-refractivity contribution in [2.24, 2.45) is 0 Å². The fraction of sp³-hybridized carbons (Fsp3) is 0.488. The smallest absolute Gasteiger partial charge is 0.331 e. The van der Waals surface area contributed by atoms with E-state index in [1.807, 2.05) is 24.3 Å². The number of benzene rings is 3. The van der Waals surface area contributed by atoms with Crippen LogP contribution in [0.5, 0.6) is 34.5 Å². The summed E-state index contributed by atoms with van der Waals surface area (Å²) in [4.78, 5) is 27.5. The van der Waals surface area contributed by atoms with Gasteiger partial charge >= 0.3 is 11.9 Å². The Morgan fingerprint density at radius 1 is 0.732 bits per heavy atom. The lowest BCUT2D eigenvalue weighted by atomic mass is 9.88. The van der Waals surface area contributed by atoms with Crippen LogP contribution in [0.2, 0.25) is 0 Å². The van der Waals surface area contributed by atoms with Crippen LogP contribution in [0.15, 0.2) is 60.7 Å². The zero-order valence-electron chi connectivity index (χ0n) is 33.6. The van der Waals surface area contributed by atoms with Gasteiger partial charge in [-0.05, 0) is 72.4 Å². The van der Waals surface area contributed by atoms with Gasteiger partial charge in [0, 0.05) is 43.3 Å². The molecule has 0 unspecified atom stereocenters. The van der Waals surface area contributed by atoms with E-state index in [2.05, 4.69) is 29.2 Å². The number of esters is 2. The summed E-state index contributed by atoms with van der Waals surface area (Å²) in [5.74, 6) is 2.84. The van der Waals surface area contributed by atoms with Crippen LogP contribution in [0.4, 0.5) is 0 Å². The van der Waals surface area contributed by atoms with Crippen molar-refractivity contribution in [3.8, 4) is 34.5 Å². The van der Waals surface area contributed by atoms with Gasteiger partial charge in [-0.1, -0.05) is 12.1 Å². The molecule has 0 aliphatic carbocycles. The highest BCUT2D eigenvalue weighted by molar-refractivity contribution is 5.91. The molecular weight excluding hydrogens is 720 g/mol. The number of methoxy groups -OCH3 is 6. The van der Waals surface area contributed by atoms with Crippen molar-refractivity contribution in [3.05, 3.63) is 82.9 Å². The summed E-state index contributed by atoms with van der Waals surface area (Å²) in [6, 6.07) is 16.3. The monoisotopic (exact) mass is 777 g/mol. The minimum atomic E-state index is -0.583. The van der Waals surface area contributed by atoms with Crippen molar-refractivity contribution in [1.82, 2.24) is 4.90 Å². The Labute approximate surface area is 330 Å². The van der Waals surface area contributed by atoms with Crippen LogP contribution < -0.4 is 28.4 Å². The van der Waals surface area contributed by atoms with Gasteiger partial charge in [-0.25, -0.2) is 9.59 Å². The van der Waals surface area contributed by atoms with E-state index in [1.165, 1.54) is 16.7 Å². The highest BCUT2D eigenvalue weighted by atomic mass is 16.5. The Bertz CT molecular complexity index is 1750. The number of nitrogens with zero attached hydrogens (tertiary/aromatic N) is 2. The predicted molar refractivity (Wildman–Crippen MR) is 210 cm³/mol. The molecule has 3 aromatic carbocycles. The van der Waals surface area contributed by atoms with Gasteiger partial charge in [-0.3, -0.25) is 4.90 Å². The maximum atomic E-state index is 12.5. The normalized spacial score (nSPS) is 16.4. The van der Waals surface area contributed by atoms with Crippen molar-refractivity contribution < 1.29 is 56.7 Å². The summed E-state index contributed by atoms with van der Waals surface area (Å²) >= 11 is 0.